The molecule has 2 amide bonds. The number of carbonyl (C=O) groups excluding carboxylic acids is 1. The zero-order valence-electron chi connectivity index (χ0n) is 12.8. The molecular weight excluding hydrogens is 242 g/mol. The molecule has 0 aromatic heterocycles. The summed E-state index contributed by atoms with van der Waals surface area (Å²) >= 11 is 0. The second kappa shape index (κ2) is 8.38. The number of hydrogen-bond donors (Lipinski definition) is 1. The number of hydrogen-bond acceptors (Lipinski definition) is 3. The Hall–Kier alpha value is -0.810. The summed E-state index contributed by atoms with van der Waals surface area (Å²) in [5, 5.41) is 2.90. The summed E-state index contributed by atoms with van der Waals surface area (Å²) in [6.07, 6.45) is 3.45. The van der Waals surface area contributed by atoms with Gasteiger partial charge in [0.15, 0.2) is 0 Å². The average Bonchev–Trinajstić information content (AvgIpc) is 2.33. The summed E-state index contributed by atoms with van der Waals surface area (Å²) in [6, 6.07) is 0.842. The molecule has 5 nitrogen and oxygen atoms in total. The molecule has 1 atom stereocenters. The van der Waals surface area contributed by atoms with Gasteiger partial charge in [-0.2, -0.15) is 0 Å². The van der Waals surface area contributed by atoms with Gasteiger partial charge in [0.25, 0.3) is 0 Å². The Morgan fingerprint density at radius 3 is 2.74 bits per heavy atom. The highest BCUT2D eigenvalue weighted by atomic mass is 16.5. The zero-order chi connectivity index (χ0) is 14.3. The molecule has 0 aliphatic carbocycles. The molecule has 0 bridgehead atoms. The number of ether oxygens (including phenoxy) is 1. The van der Waals surface area contributed by atoms with Gasteiger partial charge in [-0.1, -0.05) is 0 Å². The molecule has 1 heterocycles. The first-order valence-corrected chi connectivity index (χ1v) is 7.29. The third-order valence-corrected chi connectivity index (χ3v) is 3.57. The predicted molar refractivity (Wildman–Crippen MR) is 77.4 cm³/mol. The first kappa shape index (κ1) is 16.2. The lowest BCUT2D eigenvalue weighted by Crippen LogP contribution is -2.50. The maximum Gasteiger partial charge on any atom is 0.317 e. The molecule has 1 N–H and O–H groups in total. The van der Waals surface area contributed by atoms with Crippen LogP contribution in [0.2, 0.25) is 0 Å². The fraction of sp³-hybridized carbons (Fsp3) is 0.929. The molecule has 1 fully saturated rings. The number of urea groups is 1. The minimum atomic E-state index is 0.0243. The number of methoxy groups -OCH3 is 1. The summed E-state index contributed by atoms with van der Waals surface area (Å²) in [6.45, 7) is 7.93. The Labute approximate surface area is 117 Å². The van der Waals surface area contributed by atoms with Crippen LogP contribution in [0.4, 0.5) is 4.79 Å². The molecule has 1 aliphatic heterocycles. The van der Waals surface area contributed by atoms with Crippen LogP contribution in [-0.2, 0) is 4.74 Å². The lowest BCUT2D eigenvalue weighted by atomic mass is 10.0. The summed E-state index contributed by atoms with van der Waals surface area (Å²) < 4.78 is 5.19. The number of carbonyl (C=O) groups is 1. The van der Waals surface area contributed by atoms with Gasteiger partial charge in [-0.15, -0.1) is 0 Å². The summed E-state index contributed by atoms with van der Waals surface area (Å²) in [7, 11) is 3.62. The first-order valence-electron chi connectivity index (χ1n) is 7.29. The van der Waals surface area contributed by atoms with E-state index in [4.69, 9.17) is 4.74 Å². The molecule has 1 saturated heterocycles. The van der Waals surface area contributed by atoms with Crippen molar-refractivity contribution in [1.29, 1.82) is 0 Å². The second-order valence-electron chi connectivity index (χ2n) is 5.67. The van der Waals surface area contributed by atoms with E-state index in [1.807, 2.05) is 20.9 Å². The molecular formula is C14H29N3O2. The van der Waals surface area contributed by atoms with Crippen LogP contribution in [0.3, 0.4) is 0 Å². The van der Waals surface area contributed by atoms with Crippen LogP contribution in [0.5, 0.6) is 0 Å². The highest BCUT2D eigenvalue weighted by molar-refractivity contribution is 5.74. The molecule has 1 unspecified atom stereocenters. The van der Waals surface area contributed by atoms with E-state index in [1.54, 1.807) is 12.0 Å². The van der Waals surface area contributed by atoms with E-state index in [0.29, 0.717) is 6.04 Å². The van der Waals surface area contributed by atoms with Crippen LogP contribution in [-0.4, -0.2) is 68.3 Å². The normalized spacial score (nSPS) is 19.3. The number of nitrogens with one attached hydrogen (secondary N) is 1. The highest BCUT2D eigenvalue weighted by Gasteiger charge is 2.26. The molecule has 0 radical (unpaired) electrons. The van der Waals surface area contributed by atoms with E-state index >= 15 is 0 Å². The van der Waals surface area contributed by atoms with Gasteiger partial charge in [-0.05, 0) is 39.7 Å². The topological polar surface area (TPSA) is 44.8 Å². The first-order chi connectivity index (χ1) is 9.04. The molecule has 19 heavy (non-hydrogen) atoms. The van der Waals surface area contributed by atoms with Gasteiger partial charge < -0.3 is 15.0 Å². The lowest BCUT2D eigenvalue weighted by Gasteiger charge is -2.40. The van der Waals surface area contributed by atoms with E-state index in [9.17, 15) is 4.79 Å². The standard InChI is InChI=1S/C14H29N3O2/c1-12(2)15-14(18)16(3)8-5-6-9-17-10-7-13(17)11-19-4/h12-13H,5-11H2,1-4H3,(H,15,18). The summed E-state index contributed by atoms with van der Waals surface area (Å²) in [4.78, 5) is 15.9. The fourth-order valence-corrected chi connectivity index (χ4v) is 2.29. The van der Waals surface area contributed by atoms with E-state index in [0.717, 1.165) is 32.5 Å². The molecule has 0 spiro atoms. The van der Waals surface area contributed by atoms with Crippen molar-refractivity contribution in [3.05, 3.63) is 0 Å². The van der Waals surface area contributed by atoms with Crippen molar-refractivity contribution >= 4 is 6.03 Å². The lowest BCUT2D eigenvalue weighted by molar-refractivity contribution is 0.0225. The Bertz CT molecular complexity index is 271. The van der Waals surface area contributed by atoms with Gasteiger partial charge in [0.05, 0.1) is 6.61 Å². The monoisotopic (exact) mass is 271 g/mol. The quantitative estimate of drug-likeness (QED) is 0.681. The van der Waals surface area contributed by atoms with Crippen molar-refractivity contribution in [1.82, 2.24) is 15.1 Å². The summed E-state index contributed by atoms with van der Waals surface area (Å²) in [5.41, 5.74) is 0. The van der Waals surface area contributed by atoms with E-state index in [2.05, 4.69) is 10.2 Å². The average molecular weight is 271 g/mol. The van der Waals surface area contributed by atoms with Gasteiger partial charge in [0.2, 0.25) is 0 Å². The van der Waals surface area contributed by atoms with Crippen molar-refractivity contribution in [2.24, 2.45) is 0 Å². The molecule has 0 aromatic carbocycles. The third-order valence-electron chi connectivity index (χ3n) is 3.57. The number of likely N-dealkylation sites (tertiary alicyclic amines) is 1. The van der Waals surface area contributed by atoms with Gasteiger partial charge in [-0.3, -0.25) is 4.90 Å². The van der Waals surface area contributed by atoms with Crippen molar-refractivity contribution in [2.75, 3.05) is 40.4 Å². The minimum absolute atomic E-state index is 0.0243. The maximum absolute atomic E-state index is 11.7. The van der Waals surface area contributed by atoms with E-state index < -0.39 is 0 Å². The number of unbranched alkanes of at least 4 members (excludes halogenated alkanes) is 1. The Morgan fingerprint density at radius 1 is 1.47 bits per heavy atom. The van der Waals surface area contributed by atoms with Crippen LogP contribution in [0.1, 0.15) is 33.1 Å². The van der Waals surface area contributed by atoms with Crippen LogP contribution in [0, 0.1) is 0 Å². The van der Waals surface area contributed by atoms with Gasteiger partial charge in [0.1, 0.15) is 0 Å². The largest absolute Gasteiger partial charge is 0.383 e. The maximum atomic E-state index is 11.7. The van der Waals surface area contributed by atoms with E-state index in [-0.39, 0.29) is 12.1 Å². The van der Waals surface area contributed by atoms with Crippen molar-refractivity contribution in [3.8, 4) is 0 Å². The SMILES string of the molecule is COCC1CCN1CCCCN(C)C(=O)NC(C)C. The molecule has 112 valence electrons. The molecule has 0 saturated carbocycles. The highest BCUT2D eigenvalue weighted by Crippen LogP contribution is 2.17. The second-order valence-corrected chi connectivity index (χ2v) is 5.67. The van der Waals surface area contributed by atoms with Gasteiger partial charge >= 0.3 is 6.03 Å². The van der Waals surface area contributed by atoms with E-state index in [1.165, 1.54) is 13.0 Å². The smallest absolute Gasteiger partial charge is 0.317 e. The van der Waals surface area contributed by atoms with Gasteiger partial charge in [-0.25, -0.2) is 4.79 Å². The van der Waals surface area contributed by atoms with Crippen LogP contribution < -0.4 is 5.32 Å². The zero-order valence-corrected chi connectivity index (χ0v) is 12.8. The van der Waals surface area contributed by atoms with Crippen LogP contribution in [0.25, 0.3) is 0 Å². The Balaban J connectivity index is 2.05. The molecule has 1 rings (SSSR count). The van der Waals surface area contributed by atoms with Crippen LogP contribution >= 0.6 is 0 Å². The van der Waals surface area contributed by atoms with Crippen molar-refractivity contribution in [3.63, 3.8) is 0 Å². The number of rotatable bonds is 8. The minimum Gasteiger partial charge on any atom is -0.383 e. The summed E-state index contributed by atoms with van der Waals surface area (Å²) in [5.74, 6) is 0. The Morgan fingerprint density at radius 2 is 2.21 bits per heavy atom. The molecule has 0 aromatic rings. The fourth-order valence-electron chi connectivity index (χ4n) is 2.29. The molecule has 1 aliphatic rings. The van der Waals surface area contributed by atoms with Crippen molar-refractivity contribution in [2.45, 2.75) is 45.2 Å². The third kappa shape index (κ3) is 5.78. The number of amides is 2. The van der Waals surface area contributed by atoms with Gasteiger partial charge in [0, 0.05) is 39.3 Å². The Kier molecular flexibility index (Phi) is 7.16. The predicted octanol–water partition coefficient (Wildman–Crippen LogP) is 1.54. The number of nitrogens with zero attached hydrogens (tertiary/aromatic N) is 2. The van der Waals surface area contributed by atoms with Crippen molar-refractivity contribution < 1.29 is 9.53 Å². The molecule has 5 heteroatoms. The van der Waals surface area contributed by atoms with Crippen LogP contribution in [0.15, 0.2) is 0 Å².